The second-order valence-corrected chi connectivity index (χ2v) is 7.57. The lowest BCUT2D eigenvalue weighted by Gasteiger charge is -2.14. The number of hydrogen-bond acceptors (Lipinski definition) is 6. The summed E-state index contributed by atoms with van der Waals surface area (Å²) < 4.78 is 40.1. The number of nitrogens with two attached hydrogens (primary N) is 1. The first-order valence-electron chi connectivity index (χ1n) is 8.12. The molecular weight excluding hydrogens is 429 g/mol. The topological polar surface area (TPSA) is 98.7 Å². The summed E-state index contributed by atoms with van der Waals surface area (Å²) in [6.07, 6.45) is -1.46. The van der Waals surface area contributed by atoms with Gasteiger partial charge in [-0.2, -0.15) is 13.2 Å². The number of nitrogens with zero attached hydrogens (tertiary/aromatic N) is 4. The molecule has 3 rings (SSSR count). The molecule has 0 spiro atoms. The van der Waals surface area contributed by atoms with Gasteiger partial charge in [-0.25, -0.2) is 4.68 Å². The molecule has 3 N–H and O–H groups in total. The highest BCUT2D eigenvalue weighted by atomic mass is 35.5. The lowest BCUT2D eigenvalue weighted by atomic mass is 10.2. The van der Waals surface area contributed by atoms with Crippen LogP contribution in [0.4, 0.5) is 18.9 Å². The average Bonchev–Trinajstić information content (AvgIpc) is 3.03. The maximum absolute atomic E-state index is 13.0. The molecule has 0 aliphatic rings. The Morgan fingerprint density at radius 3 is 2.72 bits per heavy atom. The van der Waals surface area contributed by atoms with Gasteiger partial charge in [-0.15, -0.1) is 10.2 Å². The van der Waals surface area contributed by atoms with Gasteiger partial charge in [0.05, 0.1) is 15.8 Å². The molecule has 1 unspecified atom stereocenters. The third-order valence-corrected chi connectivity index (χ3v) is 5.16. The van der Waals surface area contributed by atoms with Gasteiger partial charge in [0.1, 0.15) is 0 Å². The number of benzene rings is 1. The first-order chi connectivity index (χ1) is 13.7. The molecule has 3 aromatic rings. The molecule has 12 heteroatoms. The molecule has 29 heavy (non-hydrogen) atoms. The summed E-state index contributed by atoms with van der Waals surface area (Å²) in [5.41, 5.74) is -0.406. The smallest absolute Gasteiger partial charge is 0.335 e. The fourth-order valence-electron chi connectivity index (χ4n) is 2.33. The zero-order valence-electron chi connectivity index (χ0n) is 14.8. The first kappa shape index (κ1) is 20.9. The summed E-state index contributed by atoms with van der Waals surface area (Å²) in [5, 5.41) is 9.48. The van der Waals surface area contributed by atoms with Gasteiger partial charge in [-0.05, 0) is 37.3 Å². The number of hydrogen-bond donors (Lipinski definition) is 2. The van der Waals surface area contributed by atoms with Crippen LogP contribution >= 0.6 is 23.4 Å². The Labute approximate surface area is 172 Å². The number of thioether (sulfide) groups is 1. The molecule has 0 aliphatic heterocycles. The van der Waals surface area contributed by atoms with E-state index in [1.54, 1.807) is 31.5 Å². The van der Waals surface area contributed by atoms with Gasteiger partial charge in [0.25, 0.3) is 0 Å². The third-order valence-electron chi connectivity index (χ3n) is 3.77. The van der Waals surface area contributed by atoms with Crippen molar-refractivity contribution in [2.24, 2.45) is 0 Å². The summed E-state index contributed by atoms with van der Waals surface area (Å²) in [5.74, 6) is 5.82. The molecule has 0 fully saturated rings. The van der Waals surface area contributed by atoms with Crippen LogP contribution < -0.4 is 11.2 Å². The monoisotopic (exact) mass is 442 g/mol. The van der Waals surface area contributed by atoms with E-state index in [-0.39, 0.29) is 10.8 Å². The molecule has 0 bridgehead atoms. The van der Waals surface area contributed by atoms with Crippen LogP contribution in [0.5, 0.6) is 0 Å². The lowest BCUT2D eigenvalue weighted by molar-refractivity contribution is -0.137. The molecule has 0 aliphatic carbocycles. The number of carbonyl (C=O) groups excluding carboxylic acids is 1. The number of pyridine rings is 1. The molecule has 1 amide bonds. The highest BCUT2D eigenvalue weighted by Gasteiger charge is 2.33. The van der Waals surface area contributed by atoms with Crippen molar-refractivity contribution in [3.05, 3.63) is 53.3 Å². The molecular formula is C17H14ClF3N6OS. The van der Waals surface area contributed by atoms with Crippen LogP contribution in [-0.4, -0.2) is 31.0 Å². The number of rotatable bonds is 5. The number of nitrogens with one attached hydrogen (secondary N) is 1. The van der Waals surface area contributed by atoms with Gasteiger partial charge in [0, 0.05) is 23.6 Å². The van der Waals surface area contributed by atoms with E-state index in [1.165, 1.54) is 10.7 Å². The Morgan fingerprint density at radius 1 is 1.31 bits per heavy atom. The van der Waals surface area contributed by atoms with Crippen LogP contribution in [-0.2, 0) is 11.0 Å². The highest BCUT2D eigenvalue weighted by Crippen LogP contribution is 2.36. The number of carbonyl (C=O) groups is 1. The SMILES string of the molecule is CC(Sc1nnc(-c2cccnc2)n1N)C(=O)Nc1ccc(Cl)c(C(F)(F)F)c1. The van der Waals surface area contributed by atoms with Crippen molar-refractivity contribution in [2.75, 3.05) is 11.2 Å². The number of halogens is 4. The number of amides is 1. The lowest BCUT2D eigenvalue weighted by Crippen LogP contribution is -2.24. The fraction of sp³-hybridized carbons (Fsp3) is 0.176. The Balaban J connectivity index is 1.72. The van der Waals surface area contributed by atoms with Gasteiger partial charge in [0.2, 0.25) is 11.1 Å². The van der Waals surface area contributed by atoms with Crippen LogP contribution in [0.3, 0.4) is 0 Å². The van der Waals surface area contributed by atoms with Gasteiger partial charge in [0.15, 0.2) is 5.82 Å². The van der Waals surface area contributed by atoms with Crippen LogP contribution in [0.25, 0.3) is 11.4 Å². The van der Waals surface area contributed by atoms with Gasteiger partial charge >= 0.3 is 6.18 Å². The van der Waals surface area contributed by atoms with Crippen molar-refractivity contribution in [1.29, 1.82) is 0 Å². The number of anilines is 1. The average molecular weight is 443 g/mol. The minimum absolute atomic E-state index is 0.0237. The fourth-order valence-corrected chi connectivity index (χ4v) is 3.32. The molecule has 0 radical (unpaired) electrons. The van der Waals surface area contributed by atoms with Crippen LogP contribution in [0.15, 0.2) is 47.9 Å². The molecule has 2 aromatic heterocycles. The van der Waals surface area contributed by atoms with Gasteiger partial charge in [-0.1, -0.05) is 23.4 Å². The molecule has 0 saturated heterocycles. The Hall–Kier alpha value is -2.79. The van der Waals surface area contributed by atoms with Crippen LogP contribution in [0.1, 0.15) is 12.5 Å². The Kier molecular flexibility index (Phi) is 5.99. The van der Waals surface area contributed by atoms with E-state index >= 15 is 0 Å². The summed E-state index contributed by atoms with van der Waals surface area (Å²) in [6.45, 7) is 1.57. The van der Waals surface area contributed by atoms with Crippen molar-refractivity contribution in [3.63, 3.8) is 0 Å². The zero-order valence-corrected chi connectivity index (χ0v) is 16.4. The number of alkyl halides is 3. The van der Waals surface area contributed by atoms with Crippen molar-refractivity contribution >= 4 is 35.0 Å². The van der Waals surface area contributed by atoms with Crippen molar-refractivity contribution in [2.45, 2.75) is 23.5 Å². The zero-order chi connectivity index (χ0) is 21.2. The van der Waals surface area contributed by atoms with E-state index in [0.29, 0.717) is 11.4 Å². The summed E-state index contributed by atoms with van der Waals surface area (Å²) in [6, 6.07) is 6.62. The van der Waals surface area contributed by atoms with Crippen molar-refractivity contribution in [1.82, 2.24) is 19.9 Å². The van der Waals surface area contributed by atoms with E-state index < -0.39 is 27.9 Å². The van der Waals surface area contributed by atoms with E-state index in [0.717, 1.165) is 23.9 Å². The molecule has 152 valence electrons. The predicted molar refractivity (Wildman–Crippen MR) is 104 cm³/mol. The number of aromatic nitrogens is 4. The highest BCUT2D eigenvalue weighted by molar-refractivity contribution is 8.00. The van der Waals surface area contributed by atoms with E-state index in [2.05, 4.69) is 20.5 Å². The largest absolute Gasteiger partial charge is 0.417 e. The molecule has 2 heterocycles. The first-order valence-corrected chi connectivity index (χ1v) is 9.37. The minimum atomic E-state index is -4.63. The normalized spacial score (nSPS) is 12.6. The number of nitrogen functional groups attached to an aromatic ring is 1. The predicted octanol–water partition coefficient (Wildman–Crippen LogP) is 3.85. The Bertz CT molecular complexity index is 1030. The quantitative estimate of drug-likeness (QED) is 0.460. The van der Waals surface area contributed by atoms with Gasteiger partial charge in [-0.3, -0.25) is 9.78 Å². The molecule has 7 nitrogen and oxygen atoms in total. The maximum atomic E-state index is 13.0. The molecule has 1 atom stereocenters. The van der Waals surface area contributed by atoms with E-state index in [4.69, 9.17) is 17.4 Å². The van der Waals surface area contributed by atoms with E-state index in [1.807, 2.05) is 0 Å². The Morgan fingerprint density at radius 2 is 2.07 bits per heavy atom. The van der Waals surface area contributed by atoms with Crippen molar-refractivity contribution in [3.8, 4) is 11.4 Å². The summed E-state index contributed by atoms with van der Waals surface area (Å²) in [7, 11) is 0. The molecule has 0 saturated carbocycles. The van der Waals surface area contributed by atoms with Crippen molar-refractivity contribution < 1.29 is 18.0 Å². The summed E-state index contributed by atoms with van der Waals surface area (Å²) in [4.78, 5) is 16.4. The molecule has 1 aromatic carbocycles. The second-order valence-electron chi connectivity index (χ2n) is 5.86. The standard InChI is InChI=1S/C17H14ClF3N6OS/c1-9(15(28)24-11-4-5-13(18)12(7-11)17(19,20)21)29-16-26-25-14(27(16)22)10-3-2-6-23-8-10/h2-9H,22H2,1H3,(H,24,28). The maximum Gasteiger partial charge on any atom is 0.417 e. The van der Waals surface area contributed by atoms with Gasteiger partial charge < -0.3 is 11.2 Å². The third kappa shape index (κ3) is 4.80. The summed E-state index contributed by atoms with van der Waals surface area (Å²) >= 11 is 6.59. The van der Waals surface area contributed by atoms with Crippen LogP contribution in [0, 0.1) is 0 Å². The second kappa shape index (κ2) is 8.29. The van der Waals surface area contributed by atoms with E-state index in [9.17, 15) is 18.0 Å². The minimum Gasteiger partial charge on any atom is -0.335 e. The van der Waals surface area contributed by atoms with Crippen LogP contribution in [0.2, 0.25) is 5.02 Å².